The van der Waals surface area contributed by atoms with E-state index in [1.165, 1.54) is 13.2 Å². The minimum atomic E-state index is -4.72. The monoisotopic (exact) mass is 313 g/mol. The summed E-state index contributed by atoms with van der Waals surface area (Å²) in [4.78, 5) is 0. The first-order valence-electron chi connectivity index (χ1n) is 5.39. The van der Waals surface area contributed by atoms with Gasteiger partial charge in [0, 0.05) is 19.3 Å². The smallest absolute Gasteiger partial charge is 0.399 e. The average molecular weight is 313 g/mol. The van der Waals surface area contributed by atoms with Crippen molar-refractivity contribution in [3.8, 4) is 0 Å². The van der Waals surface area contributed by atoms with Crippen LogP contribution in [0.5, 0.6) is 0 Å². The van der Waals surface area contributed by atoms with Gasteiger partial charge in [-0.05, 0) is 18.2 Å². The van der Waals surface area contributed by atoms with Crippen LogP contribution in [0.2, 0.25) is 0 Å². The Bertz CT molecular complexity index is 561. The zero-order chi connectivity index (χ0) is 15.4. The third kappa shape index (κ3) is 4.87. The molecule has 4 N–H and O–H groups in total. The van der Waals surface area contributed by atoms with Crippen molar-refractivity contribution < 1.29 is 26.3 Å². The van der Waals surface area contributed by atoms with Crippen LogP contribution >= 0.6 is 0 Å². The molecule has 0 aliphatic carbocycles. The van der Waals surface area contributed by atoms with Gasteiger partial charge >= 0.3 is 6.18 Å². The van der Waals surface area contributed by atoms with Gasteiger partial charge in [0.1, 0.15) is 0 Å². The number of halogens is 3. The SMILES string of the molecule is COCCNS(=O)(=O)Nc1ccc(N)cc1C(F)(F)F. The summed E-state index contributed by atoms with van der Waals surface area (Å²) in [6, 6.07) is 2.78. The molecule has 0 aliphatic heterocycles. The molecular formula is C10H14F3N3O3S. The number of hydrogen-bond donors (Lipinski definition) is 3. The van der Waals surface area contributed by atoms with Crippen molar-refractivity contribution in [3.63, 3.8) is 0 Å². The topological polar surface area (TPSA) is 93.4 Å². The molecule has 0 aliphatic rings. The summed E-state index contributed by atoms with van der Waals surface area (Å²) < 4.78 is 69.9. The fourth-order valence-electron chi connectivity index (χ4n) is 1.34. The highest BCUT2D eigenvalue weighted by Crippen LogP contribution is 2.36. The number of anilines is 2. The molecule has 0 amide bonds. The van der Waals surface area contributed by atoms with E-state index in [-0.39, 0.29) is 18.8 Å². The standard InChI is InChI=1S/C10H14F3N3O3S/c1-19-5-4-15-20(17,18)16-9-3-2-7(14)6-8(9)10(11,12)13/h2-3,6,15-16H,4-5,14H2,1H3. The number of nitrogens with two attached hydrogens (primary N) is 1. The van der Waals surface area contributed by atoms with E-state index in [0.29, 0.717) is 6.07 Å². The van der Waals surface area contributed by atoms with Gasteiger partial charge in [-0.2, -0.15) is 26.3 Å². The van der Waals surface area contributed by atoms with Gasteiger partial charge in [0.05, 0.1) is 17.9 Å². The Balaban J connectivity index is 2.98. The van der Waals surface area contributed by atoms with E-state index in [0.717, 1.165) is 6.07 Å². The molecule has 1 rings (SSSR count). The molecule has 0 heterocycles. The molecule has 6 nitrogen and oxygen atoms in total. The van der Waals surface area contributed by atoms with E-state index in [9.17, 15) is 21.6 Å². The van der Waals surface area contributed by atoms with Crippen LogP contribution in [-0.4, -0.2) is 28.7 Å². The van der Waals surface area contributed by atoms with Crippen LogP contribution in [0.3, 0.4) is 0 Å². The number of alkyl halides is 3. The van der Waals surface area contributed by atoms with Gasteiger partial charge in [-0.15, -0.1) is 0 Å². The first-order valence-corrected chi connectivity index (χ1v) is 6.87. The molecular weight excluding hydrogens is 299 g/mol. The molecule has 0 saturated heterocycles. The highest BCUT2D eigenvalue weighted by molar-refractivity contribution is 7.90. The van der Waals surface area contributed by atoms with Crippen LogP contribution < -0.4 is 15.2 Å². The first kappa shape index (κ1) is 16.5. The average Bonchev–Trinajstić information content (AvgIpc) is 2.30. The van der Waals surface area contributed by atoms with Crippen LogP contribution in [0.1, 0.15) is 5.56 Å². The number of benzene rings is 1. The van der Waals surface area contributed by atoms with Crippen LogP contribution in [-0.2, 0) is 21.1 Å². The van der Waals surface area contributed by atoms with Gasteiger partial charge < -0.3 is 10.5 Å². The Morgan fingerprint density at radius 1 is 1.35 bits per heavy atom. The molecule has 0 fully saturated rings. The van der Waals surface area contributed by atoms with Gasteiger partial charge in [0.25, 0.3) is 10.2 Å². The summed E-state index contributed by atoms with van der Waals surface area (Å²) in [5, 5.41) is 0. The molecule has 1 aromatic carbocycles. The molecule has 10 heteroatoms. The first-order chi connectivity index (χ1) is 9.15. The summed E-state index contributed by atoms with van der Waals surface area (Å²) >= 11 is 0. The fraction of sp³-hybridized carbons (Fsp3) is 0.400. The van der Waals surface area contributed by atoms with Gasteiger partial charge in [-0.3, -0.25) is 4.72 Å². The zero-order valence-corrected chi connectivity index (χ0v) is 11.3. The molecule has 0 radical (unpaired) electrons. The van der Waals surface area contributed by atoms with E-state index in [1.807, 2.05) is 9.44 Å². The molecule has 0 bridgehead atoms. The van der Waals surface area contributed by atoms with Crippen molar-refractivity contribution in [2.75, 3.05) is 30.7 Å². The molecule has 0 aromatic heterocycles. The number of methoxy groups -OCH3 is 1. The van der Waals surface area contributed by atoms with Crippen molar-refractivity contribution >= 4 is 21.6 Å². The molecule has 0 unspecified atom stereocenters. The quantitative estimate of drug-likeness (QED) is 0.543. The largest absolute Gasteiger partial charge is 0.418 e. The van der Waals surface area contributed by atoms with Crippen LogP contribution in [0.15, 0.2) is 18.2 Å². The number of hydrogen-bond acceptors (Lipinski definition) is 4. The Morgan fingerprint density at radius 2 is 2.00 bits per heavy atom. The van der Waals surface area contributed by atoms with E-state index in [2.05, 4.69) is 4.74 Å². The summed E-state index contributed by atoms with van der Waals surface area (Å²) in [6.07, 6.45) is -4.72. The Labute approximate surface area is 114 Å². The molecule has 0 spiro atoms. The fourth-order valence-corrected chi connectivity index (χ4v) is 2.24. The minimum Gasteiger partial charge on any atom is -0.399 e. The van der Waals surface area contributed by atoms with Crippen molar-refractivity contribution in [3.05, 3.63) is 23.8 Å². The predicted molar refractivity (Wildman–Crippen MR) is 68.3 cm³/mol. The van der Waals surface area contributed by atoms with E-state index < -0.39 is 27.6 Å². The summed E-state index contributed by atoms with van der Waals surface area (Å²) in [5.74, 6) is 0. The lowest BCUT2D eigenvalue weighted by Gasteiger charge is -2.15. The van der Waals surface area contributed by atoms with Gasteiger partial charge in [-0.1, -0.05) is 0 Å². The van der Waals surface area contributed by atoms with Crippen molar-refractivity contribution in [2.45, 2.75) is 6.18 Å². The second-order valence-electron chi connectivity index (χ2n) is 3.80. The van der Waals surface area contributed by atoms with Crippen molar-refractivity contribution in [1.29, 1.82) is 0 Å². The molecule has 0 saturated carbocycles. The second kappa shape index (κ2) is 6.29. The van der Waals surface area contributed by atoms with E-state index >= 15 is 0 Å². The Morgan fingerprint density at radius 3 is 2.55 bits per heavy atom. The van der Waals surface area contributed by atoms with Crippen molar-refractivity contribution in [2.24, 2.45) is 0 Å². The maximum absolute atomic E-state index is 12.8. The third-order valence-electron chi connectivity index (χ3n) is 2.19. The maximum Gasteiger partial charge on any atom is 0.418 e. The minimum absolute atomic E-state index is 0.0673. The van der Waals surface area contributed by atoms with Crippen LogP contribution in [0, 0.1) is 0 Å². The Hall–Kier alpha value is -1.52. The lowest BCUT2D eigenvalue weighted by Crippen LogP contribution is -2.33. The number of rotatable bonds is 6. The van der Waals surface area contributed by atoms with E-state index in [1.54, 1.807) is 0 Å². The lowest BCUT2D eigenvalue weighted by atomic mass is 10.1. The number of nitrogens with one attached hydrogen (secondary N) is 2. The van der Waals surface area contributed by atoms with Gasteiger partial charge in [0.2, 0.25) is 0 Å². The van der Waals surface area contributed by atoms with E-state index in [4.69, 9.17) is 5.73 Å². The summed E-state index contributed by atoms with van der Waals surface area (Å²) in [6.45, 7) is 0.0247. The normalized spacial score (nSPS) is 12.4. The summed E-state index contributed by atoms with van der Waals surface area (Å²) in [7, 11) is -2.76. The third-order valence-corrected chi connectivity index (χ3v) is 3.26. The predicted octanol–water partition coefficient (Wildman–Crippen LogP) is 1.18. The molecule has 0 atom stereocenters. The maximum atomic E-state index is 12.8. The lowest BCUT2D eigenvalue weighted by molar-refractivity contribution is -0.136. The highest BCUT2D eigenvalue weighted by Gasteiger charge is 2.34. The Kier molecular flexibility index (Phi) is 5.20. The number of ether oxygens (including phenoxy) is 1. The van der Waals surface area contributed by atoms with Crippen LogP contribution in [0.25, 0.3) is 0 Å². The molecule has 20 heavy (non-hydrogen) atoms. The van der Waals surface area contributed by atoms with Gasteiger partial charge in [0.15, 0.2) is 0 Å². The molecule has 1 aromatic rings. The molecule has 114 valence electrons. The summed E-state index contributed by atoms with van der Waals surface area (Å²) in [5.41, 5.74) is 3.40. The second-order valence-corrected chi connectivity index (χ2v) is 5.30. The van der Waals surface area contributed by atoms with Crippen LogP contribution in [0.4, 0.5) is 24.5 Å². The zero-order valence-electron chi connectivity index (χ0n) is 10.5. The van der Waals surface area contributed by atoms with Crippen molar-refractivity contribution in [1.82, 2.24) is 4.72 Å². The highest BCUT2D eigenvalue weighted by atomic mass is 32.2. The number of nitrogen functional groups attached to an aromatic ring is 1. The van der Waals surface area contributed by atoms with Gasteiger partial charge in [-0.25, -0.2) is 0 Å².